The second-order valence-corrected chi connectivity index (χ2v) is 10.9. The third kappa shape index (κ3) is 2.73. The lowest BCUT2D eigenvalue weighted by Gasteiger charge is -2.14. The summed E-state index contributed by atoms with van der Waals surface area (Å²) in [6, 6.07) is 43.8. The van der Waals surface area contributed by atoms with Gasteiger partial charge in [0.25, 0.3) is 0 Å². The maximum absolute atomic E-state index is 4.66. The van der Waals surface area contributed by atoms with Crippen LogP contribution in [0.5, 0.6) is 0 Å². The quantitative estimate of drug-likeness (QED) is 0.225. The van der Waals surface area contributed by atoms with Crippen molar-refractivity contribution in [1.29, 1.82) is 0 Å². The number of nitrogens with zero attached hydrogens (tertiary/aromatic N) is 3. The van der Waals surface area contributed by atoms with Crippen LogP contribution in [0.4, 0.5) is 0 Å². The van der Waals surface area contributed by atoms with Gasteiger partial charge in [-0.1, -0.05) is 84.9 Å². The van der Waals surface area contributed by atoms with E-state index in [9.17, 15) is 0 Å². The molecule has 3 nitrogen and oxygen atoms in total. The topological polar surface area (TPSA) is 22.8 Å². The predicted molar refractivity (Wildman–Crippen MR) is 166 cm³/mol. The molecule has 0 unspecified atom stereocenters. The monoisotopic (exact) mass is 515 g/mol. The minimum Gasteiger partial charge on any atom is -0.307 e. The van der Waals surface area contributed by atoms with E-state index < -0.39 is 0 Å². The van der Waals surface area contributed by atoms with Crippen molar-refractivity contribution < 1.29 is 0 Å². The Kier molecular flexibility index (Phi) is 4.21. The molecule has 0 fully saturated rings. The van der Waals surface area contributed by atoms with Crippen LogP contribution in [0.2, 0.25) is 0 Å². The van der Waals surface area contributed by atoms with Crippen molar-refractivity contribution in [3.63, 3.8) is 0 Å². The van der Waals surface area contributed by atoms with Gasteiger partial charge < -0.3 is 9.13 Å². The maximum atomic E-state index is 4.66. The molecule has 0 N–H and O–H groups in total. The fourth-order valence-electron chi connectivity index (χ4n) is 6.54. The molecule has 0 amide bonds. The maximum Gasteiger partial charge on any atom is 0.0833 e. The highest BCUT2D eigenvalue weighted by Crippen LogP contribution is 2.47. The zero-order valence-electron chi connectivity index (χ0n) is 20.9. The minimum atomic E-state index is 1.03. The number of fused-ring (bicyclic) bond motifs is 11. The fraction of sp³-hybridized carbons (Fsp3) is 0. The molecule has 4 heteroatoms. The van der Waals surface area contributed by atoms with Crippen LogP contribution in [0.15, 0.2) is 127 Å². The van der Waals surface area contributed by atoms with Crippen LogP contribution in [0, 0.1) is 0 Å². The highest BCUT2D eigenvalue weighted by molar-refractivity contribution is 7.17. The average Bonchev–Trinajstić information content (AvgIpc) is 3.70. The standard InChI is InChI=1S/C35H21N3S/c1-2-11-22(12-3-1)37-28-18-8-6-15-25(28)31-23-13-4-5-14-24(23)32-26-16-7-9-19-29(26)38(34(32)33(31)37)30-20-10-17-27-35(30)39-21-36-27/h1-21H. The van der Waals surface area contributed by atoms with Gasteiger partial charge in [0.05, 0.1) is 43.5 Å². The van der Waals surface area contributed by atoms with Gasteiger partial charge in [-0.3, -0.25) is 0 Å². The Bertz CT molecular complexity index is 2390. The summed E-state index contributed by atoms with van der Waals surface area (Å²) in [6.07, 6.45) is 0. The number of aromatic nitrogens is 3. The molecule has 3 aromatic heterocycles. The summed E-state index contributed by atoms with van der Waals surface area (Å²) in [5, 5.41) is 7.67. The molecule has 9 rings (SSSR count). The zero-order chi connectivity index (χ0) is 25.5. The Hall–Kier alpha value is -4.93. The molecule has 3 heterocycles. The Labute approximate surface area is 227 Å². The lowest BCUT2D eigenvalue weighted by Crippen LogP contribution is -1.99. The van der Waals surface area contributed by atoms with Gasteiger partial charge in [-0.05, 0) is 47.2 Å². The van der Waals surface area contributed by atoms with Gasteiger partial charge in [-0.15, -0.1) is 11.3 Å². The van der Waals surface area contributed by atoms with E-state index in [0.29, 0.717) is 0 Å². The first kappa shape index (κ1) is 21.1. The molecule has 6 aromatic carbocycles. The number of hydrogen-bond acceptors (Lipinski definition) is 2. The lowest BCUT2D eigenvalue weighted by molar-refractivity contribution is 1.16. The lowest BCUT2D eigenvalue weighted by atomic mass is 9.98. The summed E-state index contributed by atoms with van der Waals surface area (Å²) >= 11 is 1.71. The molecule has 0 atom stereocenters. The van der Waals surface area contributed by atoms with Crippen molar-refractivity contribution in [2.45, 2.75) is 0 Å². The molecule has 9 aromatic rings. The van der Waals surface area contributed by atoms with Gasteiger partial charge in [0.15, 0.2) is 0 Å². The molecule has 0 aliphatic rings. The second-order valence-electron chi connectivity index (χ2n) is 10.0. The van der Waals surface area contributed by atoms with E-state index in [1.54, 1.807) is 11.3 Å². The van der Waals surface area contributed by atoms with Crippen molar-refractivity contribution in [2.24, 2.45) is 0 Å². The van der Waals surface area contributed by atoms with Gasteiger partial charge in [-0.2, -0.15) is 0 Å². The molecule has 0 bridgehead atoms. The predicted octanol–water partition coefficient (Wildman–Crippen LogP) is 9.64. The Morgan fingerprint density at radius 2 is 1.05 bits per heavy atom. The van der Waals surface area contributed by atoms with Crippen LogP contribution in [-0.2, 0) is 0 Å². The first-order valence-corrected chi connectivity index (χ1v) is 14.0. The minimum absolute atomic E-state index is 1.03. The Morgan fingerprint density at radius 3 is 1.74 bits per heavy atom. The summed E-state index contributed by atoms with van der Waals surface area (Å²) in [5.74, 6) is 0. The number of hydrogen-bond donors (Lipinski definition) is 0. The molecule has 182 valence electrons. The van der Waals surface area contributed by atoms with Gasteiger partial charge in [-0.25, -0.2) is 4.98 Å². The molecule has 0 saturated carbocycles. The van der Waals surface area contributed by atoms with Crippen molar-refractivity contribution in [1.82, 2.24) is 14.1 Å². The summed E-state index contributed by atoms with van der Waals surface area (Å²) in [4.78, 5) is 4.66. The first-order chi connectivity index (χ1) is 19.4. The van der Waals surface area contributed by atoms with Gasteiger partial charge in [0, 0.05) is 27.2 Å². The van der Waals surface area contributed by atoms with Gasteiger partial charge >= 0.3 is 0 Å². The van der Waals surface area contributed by atoms with Crippen LogP contribution >= 0.6 is 11.3 Å². The molecule has 39 heavy (non-hydrogen) atoms. The van der Waals surface area contributed by atoms with Crippen LogP contribution in [0.25, 0.3) is 76.0 Å². The molecular weight excluding hydrogens is 494 g/mol. The molecule has 0 spiro atoms. The SMILES string of the molecule is c1ccc(-n2c3ccccc3c3c4ccccc4c4c5ccccc5n(-c5cccc6ncsc56)c4c32)cc1. The van der Waals surface area contributed by atoms with Gasteiger partial charge in [0.2, 0.25) is 0 Å². The van der Waals surface area contributed by atoms with Crippen molar-refractivity contribution in [3.8, 4) is 11.4 Å². The highest BCUT2D eigenvalue weighted by Gasteiger charge is 2.24. The number of para-hydroxylation sites is 3. The molecule has 0 aliphatic heterocycles. The Balaban J connectivity index is 1.68. The summed E-state index contributed by atoms with van der Waals surface area (Å²) in [7, 11) is 0. The van der Waals surface area contributed by atoms with Crippen LogP contribution in [-0.4, -0.2) is 14.1 Å². The molecule has 0 aliphatic carbocycles. The second kappa shape index (κ2) is 7.79. The van der Waals surface area contributed by atoms with Crippen molar-refractivity contribution in [3.05, 3.63) is 127 Å². The fourth-order valence-corrected chi connectivity index (χ4v) is 7.33. The van der Waals surface area contributed by atoms with Crippen molar-refractivity contribution >= 4 is 75.9 Å². The first-order valence-electron chi connectivity index (χ1n) is 13.2. The molecular formula is C35H21N3S. The smallest absolute Gasteiger partial charge is 0.0833 e. The molecule has 0 radical (unpaired) electrons. The van der Waals surface area contributed by atoms with E-state index in [1.807, 2.05) is 5.51 Å². The number of rotatable bonds is 2. The van der Waals surface area contributed by atoms with E-state index in [-0.39, 0.29) is 0 Å². The van der Waals surface area contributed by atoms with Crippen LogP contribution < -0.4 is 0 Å². The number of thiazole rings is 1. The van der Waals surface area contributed by atoms with E-state index in [2.05, 4.69) is 135 Å². The van der Waals surface area contributed by atoms with Crippen LogP contribution in [0.1, 0.15) is 0 Å². The third-order valence-corrected chi connectivity index (χ3v) is 8.90. The normalized spacial score (nSPS) is 12.1. The largest absolute Gasteiger partial charge is 0.307 e. The zero-order valence-corrected chi connectivity index (χ0v) is 21.7. The Morgan fingerprint density at radius 1 is 0.487 bits per heavy atom. The van der Waals surface area contributed by atoms with Gasteiger partial charge in [0.1, 0.15) is 0 Å². The van der Waals surface area contributed by atoms with E-state index >= 15 is 0 Å². The van der Waals surface area contributed by atoms with E-state index in [4.69, 9.17) is 0 Å². The third-order valence-electron chi connectivity index (χ3n) is 8.03. The highest BCUT2D eigenvalue weighted by atomic mass is 32.1. The number of benzene rings is 6. The summed E-state index contributed by atoms with van der Waals surface area (Å²) < 4.78 is 6.14. The van der Waals surface area contributed by atoms with Crippen LogP contribution in [0.3, 0.4) is 0 Å². The summed E-state index contributed by atoms with van der Waals surface area (Å²) in [5.41, 5.74) is 10.2. The summed E-state index contributed by atoms with van der Waals surface area (Å²) in [6.45, 7) is 0. The van der Waals surface area contributed by atoms with E-state index in [0.717, 1.165) is 11.2 Å². The van der Waals surface area contributed by atoms with Crippen molar-refractivity contribution in [2.75, 3.05) is 0 Å². The average molecular weight is 516 g/mol. The molecule has 0 saturated heterocycles. The van der Waals surface area contributed by atoms with E-state index in [1.165, 1.54) is 64.8 Å².